The molecule has 19 heavy (non-hydrogen) atoms. The van der Waals surface area contributed by atoms with Gasteiger partial charge < -0.3 is 14.7 Å². The molecule has 1 N–H and O–H groups in total. The van der Waals surface area contributed by atoms with Gasteiger partial charge in [-0.15, -0.1) is 0 Å². The molecule has 0 aliphatic rings. The second kappa shape index (κ2) is 6.92. The SMILES string of the molecule is COc1cc(C)c(C(CCCO)N(C)C)c(C)c1C. The highest BCUT2D eigenvalue weighted by Crippen LogP contribution is 2.35. The molecule has 0 saturated heterocycles. The van der Waals surface area contributed by atoms with E-state index in [0.717, 1.165) is 18.6 Å². The van der Waals surface area contributed by atoms with Crippen molar-refractivity contribution >= 4 is 0 Å². The van der Waals surface area contributed by atoms with Crippen LogP contribution in [0.25, 0.3) is 0 Å². The van der Waals surface area contributed by atoms with Gasteiger partial charge in [-0.25, -0.2) is 0 Å². The van der Waals surface area contributed by atoms with Crippen molar-refractivity contribution in [1.82, 2.24) is 4.90 Å². The van der Waals surface area contributed by atoms with Crippen molar-refractivity contribution in [3.8, 4) is 5.75 Å². The predicted octanol–water partition coefficient (Wildman–Crippen LogP) is 3.00. The maximum atomic E-state index is 9.08. The molecule has 1 aromatic carbocycles. The van der Waals surface area contributed by atoms with Crippen LogP contribution in [-0.4, -0.2) is 37.8 Å². The quantitative estimate of drug-likeness (QED) is 0.858. The molecule has 0 aromatic heterocycles. The van der Waals surface area contributed by atoms with Crippen LogP contribution in [0.2, 0.25) is 0 Å². The molecule has 1 rings (SSSR count). The average Bonchev–Trinajstić information content (AvgIpc) is 2.37. The number of methoxy groups -OCH3 is 1. The Labute approximate surface area is 117 Å². The van der Waals surface area contributed by atoms with Crippen molar-refractivity contribution in [2.45, 2.75) is 39.7 Å². The summed E-state index contributed by atoms with van der Waals surface area (Å²) in [6.07, 6.45) is 1.80. The Balaban J connectivity index is 3.26. The molecule has 0 aliphatic carbocycles. The fourth-order valence-corrected chi connectivity index (χ4v) is 2.74. The van der Waals surface area contributed by atoms with Gasteiger partial charge in [0.1, 0.15) is 5.75 Å². The number of aliphatic hydroxyl groups is 1. The van der Waals surface area contributed by atoms with Gasteiger partial charge in [0.2, 0.25) is 0 Å². The van der Waals surface area contributed by atoms with E-state index in [0.29, 0.717) is 6.04 Å². The number of hydrogen-bond donors (Lipinski definition) is 1. The number of aliphatic hydroxyl groups excluding tert-OH is 1. The van der Waals surface area contributed by atoms with Crippen molar-refractivity contribution in [1.29, 1.82) is 0 Å². The van der Waals surface area contributed by atoms with E-state index >= 15 is 0 Å². The molecule has 0 amide bonds. The number of benzene rings is 1. The van der Waals surface area contributed by atoms with Crippen molar-refractivity contribution in [3.63, 3.8) is 0 Å². The van der Waals surface area contributed by atoms with Crippen LogP contribution < -0.4 is 4.74 Å². The number of ether oxygens (including phenoxy) is 1. The highest BCUT2D eigenvalue weighted by molar-refractivity contribution is 5.49. The summed E-state index contributed by atoms with van der Waals surface area (Å²) >= 11 is 0. The highest BCUT2D eigenvalue weighted by Gasteiger charge is 2.20. The molecule has 0 fully saturated rings. The van der Waals surface area contributed by atoms with Crippen LogP contribution >= 0.6 is 0 Å². The van der Waals surface area contributed by atoms with Gasteiger partial charge in [-0.1, -0.05) is 0 Å². The molecule has 3 heteroatoms. The normalized spacial score (nSPS) is 12.8. The molecule has 0 spiro atoms. The topological polar surface area (TPSA) is 32.7 Å². The smallest absolute Gasteiger partial charge is 0.122 e. The first-order chi connectivity index (χ1) is 8.93. The zero-order valence-corrected chi connectivity index (χ0v) is 13.1. The average molecular weight is 265 g/mol. The molecule has 1 unspecified atom stereocenters. The number of nitrogens with zero attached hydrogens (tertiary/aromatic N) is 1. The summed E-state index contributed by atoms with van der Waals surface area (Å²) in [5, 5.41) is 9.08. The van der Waals surface area contributed by atoms with Crippen LogP contribution in [0, 0.1) is 20.8 Å². The zero-order chi connectivity index (χ0) is 14.6. The molecular formula is C16H27NO2. The van der Waals surface area contributed by atoms with E-state index in [2.05, 4.69) is 45.8 Å². The van der Waals surface area contributed by atoms with Crippen LogP contribution in [0.4, 0.5) is 0 Å². The standard InChI is InChI=1S/C16H27NO2/c1-11-10-15(19-6)12(2)13(3)16(11)14(17(4)5)8-7-9-18/h10,14,18H,7-9H2,1-6H3. The minimum Gasteiger partial charge on any atom is -0.496 e. The Morgan fingerprint density at radius 3 is 2.32 bits per heavy atom. The Bertz CT molecular complexity index is 427. The Hall–Kier alpha value is -1.06. The van der Waals surface area contributed by atoms with Gasteiger partial charge in [0.05, 0.1) is 7.11 Å². The Morgan fingerprint density at radius 1 is 1.21 bits per heavy atom. The largest absolute Gasteiger partial charge is 0.496 e. The number of hydrogen-bond acceptors (Lipinski definition) is 3. The molecule has 1 aromatic rings. The molecule has 1 atom stereocenters. The lowest BCUT2D eigenvalue weighted by Crippen LogP contribution is -2.22. The molecule has 0 bridgehead atoms. The minimum absolute atomic E-state index is 0.248. The second-order valence-corrected chi connectivity index (χ2v) is 5.40. The van der Waals surface area contributed by atoms with Gasteiger partial charge in [0.25, 0.3) is 0 Å². The number of aryl methyl sites for hydroxylation is 1. The lowest BCUT2D eigenvalue weighted by Gasteiger charge is -2.29. The summed E-state index contributed by atoms with van der Waals surface area (Å²) in [7, 11) is 5.91. The maximum Gasteiger partial charge on any atom is 0.122 e. The molecule has 0 heterocycles. The van der Waals surface area contributed by atoms with Gasteiger partial charge in [0, 0.05) is 12.6 Å². The summed E-state index contributed by atoms with van der Waals surface area (Å²) < 4.78 is 5.43. The van der Waals surface area contributed by atoms with Gasteiger partial charge in [-0.2, -0.15) is 0 Å². The first-order valence-electron chi connectivity index (χ1n) is 6.86. The van der Waals surface area contributed by atoms with Crippen molar-refractivity contribution in [2.24, 2.45) is 0 Å². The molecular weight excluding hydrogens is 238 g/mol. The van der Waals surface area contributed by atoms with Crippen LogP contribution in [0.5, 0.6) is 5.75 Å². The molecule has 0 saturated carbocycles. The first-order valence-corrected chi connectivity index (χ1v) is 6.86. The fraction of sp³-hybridized carbons (Fsp3) is 0.625. The van der Waals surface area contributed by atoms with Crippen LogP contribution in [-0.2, 0) is 0 Å². The Morgan fingerprint density at radius 2 is 1.84 bits per heavy atom. The van der Waals surface area contributed by atoms with Crippen molar-refractivity contribution in [3.05, 3.63) is 28.3 Å². The monoisotopic (exact) mass is 265 g/mol. The van der Waals surface area contributed by atoms with E-state index in [1.165, 1.54) is 22.3 Å². The van der Waals surface area contributed by atoms with E-state index in [4.69, 9.17) is 9.84 Å². The lowest BCUT2D eigenvalue weighted by molar-refractivity contribution is 0.234. The first kappa shape index (κ1) is 16.0. The fourth-order valence-electron chi connectivity index (χ4n) is 2.74. The highest BCUT2D eigenvalue weighted by atomic mass is 16.5. The predicted molar refractivity (Wildman–Crippen MR) is 80.0 cm³/mol. The second-order valence-electron chi connectivity index (χ2n) is 5.40. The van der Waals surface area contributed by atoms with Gasteiger partial charge in [-0.05, 0) is 76.0 Å². The maximum absolute atomic E-state index is 9.08. The van der Waals surface area contributed by atoms with Crippen LogP contribution in [0.1, 0.15) is 41.1 Å². The van der Waals surface area contributed by atoms with Crippen molar-refractivity contribution < 1.29 is 9.84 Å². The molecule has 0 aliphatic heterocycles. The van der Waals surface area contributed by atoms with Gasteiger partial charge in [-0.3, -0.25) is 0 Å². The van der Waals surface area contributed by atoms with Gasteiger partial charge >= 0.3 is 0 Å². The van der Waals surface area contributed by atoms with E-state index in [1.807, 2.05) is 0 Å². The van der Waals surface area contributed by atoms with E-state index in [1.54, 1.807) is 7.11 Å². The summed E-state index contributed by atoms with van der Waals surface area (Å²) in [6.45, 7) is 6.66. The summed E-state index contributed by atoms with van der Waals surface area (Å²) in [5.74, 6) is 0.957. The molecule has 3 nitrogen and oxygen atoms in total. The van der Waals surface area contributed by atoms with E-state index in [-0.39, 0.29) is 6.61 Å². The third kappa shape index (κ3) is 3.48. The van der Waals surface area contributed by atoms with Gasteiger partial charge in [0.15, 0.2) is 0 Å². The van der Waals surface area contributed by atoms with Crippen molar-refractivity contribution in [2.75, 3.05) is 27.8 Å². The lowest BCUT2D eigenvalue weighted by atomic mass is 9.89. The third-order valence-corrected chi connectivity index (χ3v) is 3.92. The Kier molecular flexibility index (Phi) is 5.83. The zero-order valence-electron chi connectivity index (χ0n) is 13.1. The summed E-state index contributed by atoms with van der Waals surface area (Å²) in [5.41, 5.74) is 5.14. The summed E-state index contributed by atoms with van der Waals surface area (Å²) in [6, 6.07) is 2.46. The van der Waals surface area contributed by atoms with E-state index < -0.39 is 0 Å². The third-order valence-electron chi connectivity index (χ3n) is 3.92. The number of rotatable bonds is 6. The molecule has 0 radical (unpaired) electrons. The van der Waals surface area contributed by atoms with Crippen LogP contribution in [0.15, 0.2) is 6.07 Å². The van der Waals surface area contributed by atoms with E-state index in [9.17, 15) is 0 Å². The minimum atomic E-state index is 0.248. The summed E-state index contributed by atoms with van der Waals surface area (Å²) in [4.78, 5) is 2.23. The van der Waals surface area contributed by atoms with Crippen LogP contribution in [0.3, 0.4) is 0 Å². The molecule has 108 valence electrons.